The van der Waals surface area contributed by atoms with Crippen molar-refractivity contribution in [2.24, 2.45) is 0 Å². The number of hydrogen-bond donors (Lipinski definition) is 1. The van der Waals surface area contributed by atoms with Crippen LogP contribution in [0.25, 0.3) is 0 Å². The molecule has 1 saturated heterocycles. The van der Waals surface area contributed by atoms with Crippen molar-refractivity contribution < 1.29 is 22.8 Å². The van der Waals surface area contributed by atoms with Crippen LogP contribution >= 0.6 is 0 Å². The lowest BCUT2D eigenvalue weighted by molar-refractivity contribution is -0.137. The zero-order valence-corrected chi connectivity index (χ0v) is 20.4. The minimum Gasteiger partial charge on any atom is -0.320 e. The van der Waals surface area contributed by atoms with Gasteiger partial charge in [-0.15, -0.1) is 0 Å². The van der Waals surface area contributed by atoms with Gasteiger partial charge in [0.25, 0.3) is 5.91 Å². The van der Waals surface area contributed by atoms with E-state index in [-0.39, 0.29) is 11.6 Å². The van der Waals surface area contributed by atoms with Crippen LogP contribution < -0.4 is 10.2 Å². The van der Waals surface area contributed by atoms with Crippen LogP contribution in [0.5, 0.6) is 0 Å². The molecule has 0 atom stereocenters. The van der Waals surface area contributed by atoms with Crippen LogP contribution in [0.1, 0.15) is 44.6 Å². The Morgan fingerprint density at radius 2 is 1.56 bits per heavy atom. The van der Waals surface area contributed by atoms with Gasteiger partial charge in [0.1, 0.15) is 0 Å². The summed E-state index contributed by atoms with van der Waals surface area (Å²) in [6.45, 7) is 7.52. The molecule has 0 aromatic heterocycles. The predicted octanol–water partition coefficient (Wildman–Crippen LogP) is 6.72. The summed E-state index contributed by atoms with van der Waals surface area (Å²) in [5.74, 6) is -0.549. The smallest absolute Gasteiger partial charge is 0.320 e. The fourth-order valence-corrected chi connectivity index (χ4v) is 4.52. The maximum absolute atomic E-state index is 13.5. The molecular weight excluding hydrogens is 467 g/mol. The summed E-state index contributed by atoms with van der Waals surface area (Å²) in [6.07, 6.45) is -3.72. The number of hydrogen-bond acceptors (Lipinski definition) is 2. The Balaban J connectivity index is 1.56. The Kier molecular flexibility index (Phi) is 7.06. The number of amides is 3. The molecule has 5 nitrogen and oxygen atoms in total. The average molecular weight is 496 g/mol. The van der Waals surface area contributed by atoms with E-state index < -0.39 is 17.6 Å². The molecule has 0 unspecified atom stereocenters. The first-order chi connectivity index (χ1) is 17.0. The Morgan fingerprint density at radius 1 is 0.889 bits per heavy atom. The highest BCUT2D eigenvalue weighted by molar-refractivity contribution is 6.07. The Hall–Kier alpha value is -3.81. The standard InChI is InChI=1S/C28H28F3N3O2/c1-18-5-10-25(24(16-18)32-26(35)22-6-8-23(9-7-22)28(29,30)31)34-12-4-11-33(27(34)36)17-21-14-19(2)13-20(3)15-21/h5-10,13-16H,4,11-12,17H2,1-3H3,(H,32,35). The van der Waals surface area contributed by atoms with Gasteiger partial charge < -0.3 is 10.2 Å². The van der Waals surface area contributed by atoms with Crippen molar-refractivity contribution in [3.05, 3.63) is 94.0 Å². The number of aryl methyl sites for hydroxylation is 3. The van der Waals surface area contributed by atoms with E-state index in [0.717, 1.165) is 52.9 Å². The molecule has 0 radical (unpaired) electrons. The van der Waals surface area contributed by atoms with Gasteiger partial charge in [0.2, 0.25) is 0 Å². The summed E-state index contributed by atoms with van der Waals surface area (Å²) in [6, 6.07) is 15.5. The summed E-state index contributed by atoms with van der Waals surface area (Å²) >= 11 is 0. The normalized spacial score (nSPS) is 14.2. The first kappa shape index (κ1) is 25.3. The van der Waals surface area contributed by atoms with E-state index >= 15 is 0 Å². The van der Waals surface area contributed by atoms with Crippen molar-refractivity contribution >= 4 is 23.3 Å². The molecule has 1 aliphatic rings. The zero-order valence-electron chi connectivity index (χ0n) is 20.4. The highest BCUT2D eigenvalue weighted by Gasteiger charge is 2.31. The van der Waals surface area contributed by atoms with Crippen LogP contribution in [0.3, 0.4) is 0 Å². The van der Waals surface area contributed by atoms with E-state index in [9.17, 15) is 22.8 Å². The Labute approximate surface area is 208 Å². The van der Waals surface area contributed by atoms with Gasteiger partial charge in [-0.2, -0.15) is 13.2 Å². The van der Waals surface area contributed by atoms with Gasteiger partial charge in [-0.25, -0.2) is 4.79 Å². The third-order valence-electron chi connectivity index (χ3n) is 6.13. The number of anilines is 2. The summed E-state index contributed by atoms with van der Waals surface area (Å²) in [5, 5.41) is 2.79. The number of carbonyl (C=O) groups is 2. The first-order valence-electron chi connectivity index (χ1n) is 11.7. The van der Waals surface area contributed by atoms with E-state index in [4.69, 9.17) is 0 Å². The molecular formula is C28H28F3N3O2. The van der Waals surface area contributed by atoms with Crippen LogP contribution in [0.2, 0.25) is 0 Å². The van der Waals surface area contributed by atoms with Gasteiger partial charge in [0, 0.05) is 25.2 Å². The molecule has 0 spiro atoms. The summed E-state index contributed by atoms with van der Waals surface area (Å²) in [5.41, 5.74) is 4.46. The second-order valence-corrected chi connectivity index (χ2v) is 9.26. The number of rotatable bonds is 5. The number of urea groups is 1. The summed E-state index contributed by atoms with van der Waals surface area (Å²) in [7, 11) is 0. The molecule has 0 aliphatic carbocycles. The van der Waals surface area contributed by atoms with E-state index in [1.165, 1.54) is 0 Å². The Morgan fingerprint density at radius 3 is 2.19 bits per heavy atom. The van der Waals surface area contributed by atoms with Crippen molar-refractivity contribution in [3.63, 3.8) is 0 Å². The molecule has 1 fully saturated rings. The Bertz CT molecular complexity index is 1270. The SMILES string of the molecule is Cc1cc(C)cc(CN2CCCN(c3ccc(C)cc3NC(=O)c3ccc(C(F)(F)F)cc3)C2=O)c1. The molecule has 8 heteroatoms. The maximum Gasteiger partial charge on any atom is 0.416 e. The largest absolute Gasteiger partial charge is 0.416 e. The molecule has 0 bridgehead atoms. The molecule has 1 aliphatic heterocycles. The lowest BCUT2D eigenvalue weighted by Gasteiger charge is -2.36. The number of alkyl halides is 3. The third-order valence-corrected chi connectivity index (χ3v) is 6.13. The summed E-state index contributed by atoms with van der Waals surface area (Å²) in [4.78, 5) is 29.8. The van der Waals surface area contributed by atoms with Gasteiger partial charge in [-0.1, -0.05) is 35.4 Å². The van der Waals surface area contributed by atoms with Crippen molar-refractivity contribution in [2.45, 2.75) is 39.9 Å². The predicted molar refractivity (Wildman–Crippen MR) is 134 cm³/mol. The van der Waals surface area contributed by atoms with Gasteiger partial charge in [-0.05, 0) is 74.7 Å². The zero-order chi connectivity index (χ0) is 26.0. The highest BCUT2D eigenvalue weighted by Crippen LogP contribution is 2.32. The molecule has 3 aromatic carbocycles. The molecule has 3 amide bonds. The number of nitrogens with zero attached hydrogens (tertiary/aromatic N) is 2. The van der Waals surface area contributed by atoms with Crippen LogP contribution in [-0.4, -0.2) is 29.9 Å². The maximum atomic E-state index is 13.5. The quantitative estimate of drug-likeness (QED) is 0.427. The van der Waals surface area contributed by atoms with E-state index in [2.05, 4.69) is 23.5 Å². The minimum atomic E-state index is -4.48. The lowest BCUT2D eigenvalue weighted by Crippen LogP contribution is -2.49. The summed E-state index contributed by atoms with van der Waals surface area (Å²) < 4.78 is 38.6. The van der Waals surface area contributed by atoms with Crippen LogP contribution in [0.4, 0.5) is 29.3 Å². The van der Waals surface area contributed by atoms with Crippen LogP contribution in [-0.2, 0) is 12.7 Å². The minimum absolute atomic E-state index is 0.0943. The number of carbonyl (C=O) groups excluding carboxylic acids is 2. The third kappa shape index (κ3) is 5.70. The molecule has 1 N–H and O–H groups in total. The highest BCUT2D eigenvalue weighted by atomic mass is 19.4. The van der Waals surface area contributed by atoms with Gasteiger partial charge >= 0.3 is 12.2 Å². The van der Waals surface area contributed by atoms with Gasteiger partial charge in [0.05, 0.1) is 16.9 Å². The molecule has 188 valence electrons. The number of benzene rings is 3. The monoisotopic (exact) mass is 495 g/mol. The van der Waals surface area contributed by atoms with Crippen molar-refractivity contribution in [2.75, 3.05) is 23.3 Å². The van der Waals surface area contributed by atoms with E-state index in [0.29, 0.717) is 31.0 Å². The van der Waals surface area contributed by atoms with Crippen LogP contribution in [0, 0.1) is 20.8 Å². The number of halogens is 3. The van der Waals surface area contributed by atoms with Crippen molar-refractivity contribution in [1.82, 2.24) is 4.90 Å². The molecule has 4 rings (SSSR count). The fourth-order valence-electron chi connectivity index (χ4n) is 4.52. The van der Waals surface area contributed by atoms with Crippen LogP contribution in [0.15, 0.2) is 60.7 Å². The van der Waals surface area contributed by atoms with Crippen molar-refractivity contribution in [3.8, 4) is 0 Å². The number of nitrogens with one attached hydrogen (secondary N) is 1. The second kappa shape index (κ2) is 10.0. The first-order valence-corrected chi connectivity index (χ1v) is 11.7. The van der Waals surface area contributed by atoms with Gasteiger partial charge in [-0.3, -0.25) is 9.69 Å². The molecule has 1 heterocycles. The topological polar surface area (TPSA) is 52.6 Å². The van der Waals surface area contributed by atoms with Gasteiger partial charge in [0.15, 0.2) is 0 Å². The lowest BCUT2D eigenvalue weighted by atomic mass is 10.1. The average Bonchev–Trinajstić information content (AvgIpc) is 2.80. The van der Waals surface area contributed by atoms with E-state index in [1.54, 1.807) is 21.9 Å². The molecule has 0 saturated carbocycles. The molecule has 3 aromatic rings. The van der Waals surface area contributed by atoms with Crippen molar-refractivity contribution in [1.29, 1.82) is 0 Å². The fraction of sp³-hybridized carbons (Fsp3) is 0.286. The molecule has 36 heavy (non-hydrogen) atoms. The van der Waals surface area contributed by atoms with E-state index in [1.807, 2.05) is 26.8 Å². The second-order valence-electron chi connectivity index (χ2n) is 9.26.